The van der Waals surface area contributed by atoms with Gasteiger partial charge in [-0.3, -0.25) is 0 Å². The summed E-state index contributed by atoms with van der Waals surface area (Å²) in [5.74, 6) is 0. The van der Waals surface area contributed by atoms with Crippen molar-refractivity contribution in [3.05, 3.63) is 64.2 Å². The molecule has 2 aromatic carbocycles. The van der Waals surface area contributed by atoms with Gasteiger partial charge >= 0.3 is 0 Å². The van der Waals surface area contributed by atoms with Gasteiger partial charge < -0.3 is 11.1 Å². The summed E-state index contributed by atoms with van der Waals surface area (Å²) < 4.78 is 0. The first-order chi connectivity index (χ1) is 9.10. The molecule has 2 nitrogen and oxygen atoms in total. The summed E-state index contributed by atoms with van der Waals surface area (Å²) >= 11 is 5.91. The Morgan fingerprint density at radius 2 is 1.79 bits per heavy atom. The van der Waals surface area contributed by atoms with Crippen LogP contribution in [0.15, 0.2) is 42.5 Å². The van der Waals surface area contributed by atoms with Crippen LogP contribution in [0.5, 0.6) is 0 Å². The van der Waals surface area contributed by atoms with Crippen molar-refractivity contribution in [2.24, 2.45) is 5.73 Å². The molecule has 0 fully saturated rings. The van der Waals surface area contributed by atoms with E-state index in [9.17, 15) is 0 Å². The minimum atomic E-state index is 0.0960. The number of nitrogens with one attached hydrogen (secondary N) is 1. The SMILES string of the molecule is Cc1ccc(NC(CN)c2ccc(Cl)cc2)c(C)c1. The number of anilines is 1. The maximum Gasteiger partial charge on any atom is 0.0636 e. The highest BCUT2D eigenvalue weighted by molar-refractivity contribution is 6.30. The summed E-state index contributed by atoms with van der Waals surface area (Å²) in [6.45, 7) is 4.73. The van der Waals surface area contributed by atoms with Gasteiger partial charge in [0.2, 0.25) is 0 Å². The lowest BCUT2D eigenvalue weighted by Gasteiger charge is -2.20. The molecule has 0 radical (unpaired) electrons. The van der Waals surface area contributed by atoms with Crippen LogP contribution in [0, 0.1) is 13.8 Å². The van der Waals surface area contributed by atoms with E-state index >= 15 is 0 Å². The Labute approximate surface area is 119 Å². The minimum absolute atomic E-state index is 0.0960. The Balaban J connectivity index is 2.21. The number of aryl methyl sites for hydroxylation is 2. The van der Waals surface area contributed by atoms with Crippen LogP contribution in [0.25, 0.3) is 0 Å². The molecule has 19 heavy (non-hydrogen) atoms. The smallest absolute Gasteiger partial charge is 0.0636 e. The van der Waals surface area contributed by atoms with E-state index in [2.05, 4.69) is 37.4 Å². The molecule has 0 bridgehead atoms. The van der Waals surface area contributed by atoms with Crippen LogP contribution in [-0.4, -0.2) is 6.54 Å². The van der Waals surface area contributed by atoms with Crippen molar-refractivity contribution in [2.45, 2.75) is 19.9 Å². The summed E-state index contributed by atoms with van der Waals surface area (Å²) in [7, 11) is 0. The molecule has 3 N–H and O–H groups in total. The molecule has 100 valence electrons. The largest absolute Gasteiger partial charge is 0.377 e. The fourth-order valence-electron chi connectivity index (χ4n) is 2.14. The summed E-state index contributed by atoms with van der Waals surface area (Å²) in [5.41, 5.74) is 10.6. The van der Waals surface area contributed by atoms with Gasteiger partial charge in [-0.15, -0.1) is 0 Å². The number of hydrogen-bond acceptors (Lipinski definition) is 2. The highest BCUT2D eigenvalue weighted by atomic mass is 35.5. The summed E-state index contributed by atoms with van der Waals surface area (Å²) in [5, 5.41) is 4.23. The number of nitrogens with two attached hydrogens (primary N) is 1. The van der Waals surface area contributed by atoms with Crippen molar-refractivity contribution in [1.82, 2.24) is 0 Å². The van der Waals surface area contributed by atoms with E-state index < -0.39 is 0 Å². The number of benzene rings is 2. The molecule has 0 saturated heterocycles. The first kappa shape index (κ1) is 13.9. The second kappa shape index (κ2) is 6.09. The molecule has 2 rings (SSSR count). The van der Waals surface area contributed by atoms with Crippen LogP contribution in [0.2, 0.25) is 5.02 Å². The fraction of sp³-hybridized carbons (Fsp3) is 0.250. The lowest BCUT2D eigenvalue weighted by Crippen LogP contribution is -2.21. The first-order valence-corrected chi connectivity index (χ1v) is 6.77. The van der Waals surface area contributed by atoms with E-state index in [4.69, 9.17) is 17.3 Å². The number of halogens is 1. The zero-order valence-corrected chi connectivity index (χ0v) is 12.0. The van der Waals surface area contributed by atoms with Crippen LogP contribution in [0.4, 0.5) is 5.69 Å². The third kappa shape index (κ3) is 3.49. The molecule has 0 amide bonds. The highest BCUT2D eigenvalue weighted by Crippen LogP contribution is 2.23. The van der Waals surface area contributed by atoms with E-state index in [0.29, 0.717) is 6.54 Å². The summed E-state index contributed by atoms with van der Waals surface area (Å²) in [6, 6.07) is 14.3. The van der Waals surface area contributed by atoms with Crippen molar-refractivity contribution in [1.29, 1.82) is 0 Å². The maximum atomic E-state index is 5.91. The van der Waals surface area contributed by atoms with Gasteiger partial charge in [0, 0.05) is 17.3 Å². The molecule has 0 aliphatic carbocycles. The van der Waals surface area contributed by atoms with Crippen LogP contribution in [0.3, 0.4) is 0 Å². The van der Waals surface area contributed by atoms with Crippen LogP contribution in [-0.2, 0) is 0 Å². The third-order valence-corrected chi connectivity index (χ3v) is 3.47. The quantitative estimate of drug-likeness (QED) is 0.882. The molecule has 0 spiro atoms. The Bertz CT molecular complexity index is 549. The normalized spacial score (nSPS) is 12.2. The van der Waals surface area contributed by atoms with Gasteiger partial charge in [-0.25, -0.2) is 0 Å². The Morgan fingerprint density at radius 1 is 1.11 bits per heavy atom. The first-order valence-electron chi connectivity index (χ1n) is 6.39. The summed E-state index contributed by atoms with van der Waals surface area (Å²) in [6.07, 6.45) is 0. The molecule has 3 heteroatoms. The van der Waals surface area contributed by atoms with Crippen molar-refractivity contribution in [2.75, 3.05) is 11.9 Å². The Kier molecular flexibility index (Phi) is 4.46. The average molecular weight is 275 g/mol. The van der Waals surface area contributed by atoms with Crippen molar-refractivity contribution in [3.63, 3.8) is 0 Å². The van der Waals surface area contributed by atoms with Gasteiger partial charge in [0.05, 0.1) is 6.04 Å². The van der Waals surface area contributed by atoms with Gasteiger partial charge in [-0.05, 0) is 43.2 Å². The topological polar surface area (TPSA) is 38.0 Å². The van der Waals surface area contributed by atoms with Gasteiger partial charge in [0.25, 0.3) is 0 Å². The molecule has 0 saturated carbocycles. The maximum absolute atomic E-state index is 5.91. The molecular formula is C16H19ClN2. The zero-order valence-electron chi connectivity index (χ0n) is 11.3. The van der Waals surface area contributed by atoms with E-state index in [-0.39, 0.29) is 6.04 Å². The average Bonchev–Trinajstić information content (AvgIpc) is 2.39. The lowest BCUT2D eigenvalue weighted by atomic mass is 10.1. The van der Waals surface area contributed by atoms with Gasteiger partial charge in [0.15, 0.2) is 0 Å². The predicted octanol–water partition coefficient (Wildman–Crippen LogP) is 4.07. The van der Waals surface area contributed by atoms with Gasteiger partial charge in [-0.2, -0.15) is 0 Å². The van der Waals surface area contributed by atoms with Crippen molar-refractivity contribution >= 4 is 17.3 Å². The highest BCUT2D eigenvalue weighted by Gasteiger charge is 2.10. The molecule has 0 aliphatic heterocycles. The Morgan fingerprint density at radius 3 is 2.37 bits per heavy atom. The van der Waals surface area contributed by atoms with E-state index in [1.54, 1.807) is 0 Å². The van der Waals surface area contributed by atoms with Gasteiger partial charge in [-0.1, -0.05) is 41.4 Å². The van der Waals surface area contributed by atoms with Crippen molar-refractivity contribution < 1.29 is 0 Å². The molecule has 0 heterocycles. The molecule has 2 aromatic rings. The number of hydrogen-bond donors (Lipinski definition) is 2. The zero-order chi connectivity index (χ0) is 13.8. The van der Waals surface area contributed by atoms with Gasteiger partial charge in [0.1, 0.15) is 0 Å². The van der Waals surface area contributed by atoms with E-state index in [1.807, 2.05) is 24.3 Å². The van der Waals surface area contributed by atoms with Crippen LogP contribution >= 0.6 is 11.6 Å². The van der Waals surface area contributed by atoms with Crippen LogP contribution in [0.1, 0.15) is 22.7 Å². The number of rotatable bonds is 4. The van der Waals surface area contributed by atoms with E-state index in [1.165, 1.54) is 11.1 Å². The molecule has 0 aliphatic rings. The predicted molar refractivity (Wildman–Crippen MR) is 82.8 cm³/mol. The fourth-order valence-corrected chi connectivity index (χ4v) is 2.26. The summed E-state index contributed by atoms with van der Waals surface area (Å²) in [4.78, 5) is 0. The van der Waals surface area contributed by atoms with E-state index in [0.717, 1.165) is 16.3 Å². The monoisotopic (exact) mass is 274 g/mol. The molecular weight excluding hydrogens is 256 g/mol. The minimum Gasteiger partial charge on any atom is -0.377 e. The molecule has 1 atom stereocenters. The van der Waals surface area contributed by atoms with Crippen LogP contribution < -0.4 is 11.1 Å². The Hall–Kier alpha value is -1.51. The second-order valence-electron chi connectivity index (χ2n) is 4.80. The third-order valence-electron chi connectivity index (χ3n) is 3.22. The lowest BCUT2D eigenvalue weighted by molar-refractivity contribution is 0.789. The van der Waals surface area contributed by atoms with Crippen molar-refractivity contribution in [3.8, 4) is 0 Å². The second-order valence-corrected chi connectivity index (χ2v) is 5.24. The molecule has 0 aromatic heterocycles. The molecule has 1 unspecified atom stereocenters. The standard InChI is InChI=1S/C16H19ClN2/c1-11-3-8-15(12(2)9-11)19-16(10-18)13-4-6-14(17)7-5-13/h3-9,16,19H,10,18H2,1-2H3.